The Labute approximate surface area is 145 Å². The lowest BCUT2D eigenvalue weighted by atomic mass is 10.1. The average molecular weight is 335 g/mol. The maximum Gasteiger partial charge on any atom is 0.196 e. The summed E-state index contributed by atoms with van der Waals surface area (Å²) in [5.74, 6) is 8.11. The lowest BCUT2D eigenvalue weighted by Gasteiger charge is -2.32. The summed E-state index contributed by atoms with van der Waals surface area (Å²) in [7, 11) is 0. The Kier molecular flexibility index (Phi) is 4.12. The van der Waals surface area contributed by atoms with Crippen LogP contribution in [0.3, 0.4) is 0 Å². The topological polar surface area (TPSA) is 21.7 Å². The molecule has 4 heteroatoms. The predicted molar refractivity (Wildman–Crippen MR) is 96.9 cm³/mol. The van der Waals surface area contributed by atoms with Crippen molar-refractivity contribution in [1.29, 1.82) is 0 Å². The largest absolute Gasteiger partial charge is 0.438 e. The Morgan fingerprint density at radius 1 is 1.08 bits per heavy atom. The number of rotatable bonds is 1. The second kappa shape index (κ2) is 6.56. The van der Waals surface area contributed by atoms with E-state index in [0.717, 1.165) is 59.5 Å². The number of morpholine rings is 1. The third-order valence-electron chi connectivity index (χ3n) is 3.98. The Morgan fingerprint density at radius 3 is 2.67 bits per heavy atom. The molecule has 0 atom stereocenters. The molecule has 0 amide bonds. The van der Waals surface area contributed by atoms with Gasteiger partial charge in [0.15, 0.2) is 11.6 Å². The first-order valence-corrected chi connectivity index (χ1v) is 8.79. The molecule has 2 aromatic rings. The number of thiophene rings is 1. The van der Waals surface area contributed by atoms with E-state index in [2.05, 4.69) is 23.3 Å². The van der Waals surface area contributed by atoms with E-state index in [1.807, 2.05) is 41.8 Å². The maximum absolute atomic E-state index is 6.18. The van der Waals surface area contributed by atoms with E-state index in [-0.39, 0.29) is 0 Å². The Morgan fingerprint density at radius 2 is 1.88 bits per heavy atom. The van der Waals surface area contributed by atoms with E-state index in [1.165, 1.54) is 0 Å². The van der Waals surface area contributed by atoms with Gasteiger partial charge in [-0.25, -0.2) is 0 Å². The van der Waals surface area contributed by atoms with Crippen LogP contribution in [-0.4, -0.2) is 31.2 Å². The van der Waals surface area contributed by atoms with Gasteiger partial charge >= 0.3 is 0 Å². The van der Waals surface area contributed by atoms with Gasteiger partial charge in [0.1, 0.15) is 0 Å². The molecule has 0 aliphatic carbocycles. The molecule has 1 aromatic carbocycles. The average Bonchev–Trinajstić information content (AvgIpc) is 3.05. The number of ether oxygens (including phenoxy) is 2. The molecular weight excluding hydrogens is 318 g/mol. The number of nitrogens with zero attached hydrogens (tertiary/aromatic N) is 1. The van der Waals surface area contributed by atoms with Gasteiger partial charge in [-0.05, 0) is 17.7 Å². The van der Waals surface area contributed by atoms with E-state index in [9.17, 15) is 0 Å². The van der Waals surface area contributed by atoms with Crippen LogP contribution >= 0.6 is 11.3 Å². The van der Waals surface area contributed by atoms with Crippen molar-refractivity contribution in [2.75, 3.05) is 26.3 Å². The molecule has 2 aliphatic heterocycles. The molecule has 1 aromatic heterocycles. The molecule has 0 saturated carbocycles. The van der Waals surface area contributed by atoms with E-state index >= 15 is 0 Å². The molecule has 24 heavy (non-hydrogen) atoms. The molecule has 3 heterocycles. The number of hydrogen-bond acceptors (Lipinski definition) is 4. The van der Waals surface area contributed by atoms with Crippen molar-refractivity contribution in [3.8, 4) is 17.6 Å². The van der Waals surface area contributed by atoms with Crippen LogP contribution in [-0.2, 0) is 4.74 Å². The summed E-state index contributed by atoms with van der Waals surface area (Å²) >= 11 is 1.63. The zero-order valence-corrected chi connectivity index (χ0v) is 14.1. The first-order valence-electron chi connectivity index (χ1n) is 7.91. The highest BCUT2D eigenvalue weighted by molar-refractivity contribution is 7.11. The van der Waals surface area contributed by atoms with Crippen molar-refractivity contribution >= 4 is 16.9 Å². The van der Waals surface area contributed by atoms with Crippen LogP contribution in [0.2, 0.25) is 0 Å². The number of fused-ring (bicyclic) bond motifs is 1. The van der Waals surface area contributed by atoms with Crippen LogP contribution < -0.4 is 4.74 Å². The highest BCUT2D eigenvalue weighted by Crippen LogP contribution is 2.41. The van der Waals surface area contributed by atoms with Gasteiger partial charge in [-0.15, -0.1) is 11.3 Å². The van der Waals surface area contributed by atoms with Gasteiger partial charge in [0.2, 0.25) is 0 Å². The molecule has 0 radical (unpaired) electrons. The second-order valence-corrected chi connectivity index (χ2v) is 6.51. The van der Waals surface area contributed by atoms with Gasteiger partial charge in [-0.3, -0.25) is 0 Å². The van der Waals surface area contributed by atoms with E-state index in [4.69, 9.17) is 9.47 Å². The molecule has 1 fully saturated rings. The molecule has 0 unspecified atom stereocenters. The van der Waals surface area contributed by atoms with E-state index < -0.39 is 0 Å². The van der Waals surface area contributed by atoms with Crippen LogP contribution in [0.5, 0.6) is 5.75 Å². The maximum atomic E-state index is 6.18. The van der Waals surface area contributed by atoms with Gasteiger partial charge < -0.3 is 14.4 Å². The third kappa shape index (κ3) is 2.96. The molecule has 120 valence electrons. The smallest absolute Gasteiger partial charge is 0.196 e. The molecular formula is C20H17NO2S. The second-order valence-electron chi connectivity index (χ2n) is 5.63. The molecule has 4 rings (SSSR count). The fourth-order valence-corrected chi connectivity index (χ4v) is 3.58. The van der Waals surface area contributed by atoms with Crippen molar-refractivity contribution in [1.82, 2.24) is 4.90 Å². The van der Waals surface area contributed by atoms with Crippen LogP contribution in [0, 0.1) is 11.8 Å². The van der Waals surface area contributed by atoms with Crippen LogP contribution in [0.25, 0.3) is 5.57 Å². The molecule has 3 nitrogen and oxygen atoms in total. The van der Waals surface area contributed by atoms with Crippen molar-refractivity contribution in [2.45, 2.75) is 0 Å². The van der Waals surface area contributed by atoms with E-state index in [0.29, 0.717) is 0 Å². The summed E-state index contributed by atoms with van der Waals surface area (Å²) in [6.45, 7) is 7.31. The Hall–Kier alpha value is -2.48. The molecule has 0 N–H and O–H groups in total. The lowest BCUT2D eigenvalue weighted by molar-refractivity contribution is 0.0347. The van der Waals surface area contributed by atoms with Gasteiger partial charge in [-0.2, -0.15) is 0 Å². The fraction of sp³-hybridized carbons (Fsp3) is 0.200. The van der Waals surface area contributed by atoms with E-state index in [1.54, 1.807) is 11.3 Å². The van der Waals surface area contributed by atoms with Crippen LogP contribution in [0.15, 0.2) is 54.2 Å². The van der Waals surface area contributed by atoms with Gasteiger partial charge in [0.25, 0.3) is 0 Å². The molecule has 2 aliphatic rings. The predicted octanol–water partition coefficient (Wildman–Crippen LogP) is 3.73. The summed E-state index contributed by atoms with van der Waals surface area (Å²) in [5, 5.41) is 2.04. The molecule has 0 bridgehead atoms. The number of hydrogen-bond donors (Lipinski definition) is 0. The summed E-state index contributed by atoms with van der Waals surface area (Å²) in [6, 6.07) is 9.98. The minimum absolute atomic E-state index is 0.727. The van der Waals surface area contributed by atoms with Crippen LogP contribution in [0.1, 0.15) is 16.0 Å². The summed E-state index contributed by atoms with van der Waals surface area (Å²) in [6.07, 6.45) is 2.01. The van der Waals surface area contributed by atoms with Gasteiger partial charge in [-0.1, -0.05) is 36.6 Å². The summed E-state index contributed by atoms with van der Waals surface area (Å²) in [5.41, 5.74) is 2.89. The van der Waals surface area contributed by atoms with Crippen molar-refractivity contribution in [3.63, 3.8) is 0 Å². The third-order valence-corrected chi connectivity index (χ3v) is 5.02. The van der Waals surface area contributed by atoms with Crippen molar-refractivity contribution in [3.05, 3.63) is 70.3 Å². The Bertz CT molecular complexity index is 849. The zero-order valence-electron chi connectivity index (χ0n) is 13.2. The zero-order chi connectivity index (χ0) is 16.4. The SMILES string of the molecule is C=C1C=C(N2CCOCC2)Oc2c(C#Cc3ccccc3)csc21. The number of benzene rings is 1. The normalized spacial score (nSPS) is 16.6. The molecule has 0 spiro atoms. The standard InChI is InChI=1S/C20H17NO2S/c1-15-13-18(21-9-11-22-12-10-21)23-19-17(14-24-20(15)19)8-7-16-5-3-2-4-6-16/h2-6,13-14H,1,9-12H2. The van der Waals surface area contributed by atoms with Crippen LogP contribution in [0.4, 0.5) is 0 Å². The minimum atomic E-state index is 0.727. The first kappa shape index (κ1) is 15.1. The summed E-state index contributed by atoms with van der Waals surface area (Å²) in [4.78, 5) is 3.26. The van der Waals surface area contributed by atoms with Gasteiger partial charge in [0, 0.05) is 30.1 Å². The lowest BCUT2D eigenvalue weighted by Crippen LogP contribution is -2.37. The van der Waals surface area contributed by atoms with Crippen molar-refractivity contribution in [2.24, 2.45) is 0 Å². The minimum Gasteiger partial charge on any atom is -0.438 e. The first-order chi connectivity index (χ1) is 11.8. The monoisotopic (exact) mass is 335 g/mol. The highest BCUT2D eigenvalue weighted by atomic mass is 32.1. The molecule has 1 saturated heterocycles. The Balaban J connectivity index is 1.62. The summed E-state index contributed by atoms with van der Waals surface area (Å²) < 4.78 is 11.6. The number of allylic oxidation sites excluding steroid dienone is 2. The fourth-order valence-electron chi connectivity index (χ4n) is 2.71. The van der Waals surface area contributed by atoms with Crippen molar-refractivity contribution < 1.29 is 9.47 Å². The quantitative estimate of drug-likeness (QED) is 0.741. The highest BCUT2D eigenvalue weighted by Gasteiger charge is 2.25. The van der Waals surface area contributed by atoms with Gasteiger partial charge in [0.05, 0.1) is 23.7 Å².